The third-order valence-corrected chi connectivity index (χ3v) is 6.26. The monoisotopic (exact) mass is 387 g/mol. The zero-order valence-corrected chi connectivity index (χ0v) is 15.7. The number of thioether (sulfide) groups is 1. The summed E-state index contributed by atoms with van der Waals surface area (Å²) in [6, 6.07) is 11.5. The number of amides is 1. The summed E-state index contributed by atoms with van der Waals surface area (Å²) < 4.78 is 2.33. The second kappa shape index (κ2) is 7.08. The Morgan fingerprint density at radius 1 is 1.23 bits per heavy atom. The summed E-state index contributed by atoms with van der Waals surface area (Å²) in [6.45, 7) is 2.65. The van der Waals surface area contributed by atoms with E-state index in [2.05, 4.69) is 17.4 Å². The van der Waals surface area contributed by atoms with E-state index in [0.717, 1.165) is 21.7 Å². The van der Waals surface area contributed by atoms with Crippen LogP contribution in [0.4, 0.5) is 5.69 Å². The highest BCUT2D eigenvalue weighted by molar-refractivity contribution is 8.00. The van der Waals surface area contributed by atoms with Crippen LogP contribution in [0.2, 0.25) is 0 Å². The molecule has 9 heteroatoms. The van der Waals surface area contributed by atoms with Gasteiger partial charge in [-0.2, -0.15) is 9.36 Å². The van der Waals surface area contributed by atoms with Gasteiger partial charge in [-0.1, -0.05) is 19.1 Å². The molecule has 7 nitrogen and oxygen atoms in total. The van der Waals surface area contributed by atoms with Crippen molar-refractivity contribution in [3.8, 4) is 5.00 Å². The molecule has 1 amide bonds. The average Bonchev–Trinajstić information content (AvgIpc) is 3.23. The first-order valence-electron chi connectivity index (χ1n) is 8.26. The normalized spacial score (nSPS) is 17.0. The summed E-state index contributed by atoms with van der Waals surface area (Å²) in [5.74, 6) is -0.160. The largest absolute Gasteiger partial charge is 0.369 e. The van der Waals surface area contributed by atoms with Gasteiger partial charge in [0.05, 0.1) is 5.69 Å². The van der Waals surface area contributed by atoms with Gasteiger partial charge in [0.2, 0.25) is 5.91 Å². The summed E-state index contributed by atoms with van der Waals surface area (Å²) in [6.07, 6.45) is 0.891. The number of anilines is 1. The van der Waals surface area contributed by atoms with Gasteiger partial charge in [-0.3, -0.25) is 4.79 Å². The lowest BCUT2D eigenvalue weighted by Crippen LogP contribution is -2.38. The van der Waals surface area contributed by atoms with Gasteiger partial charge in [-0.15, -0.1) is 23.1 Å². The van der Waals surface area contributed by atoms with E-state index in [1.54, 1.807) is 22.7 Å². The predicted octanol–water partition coefficient (Wildman–Crippen LogP) is 2.41. The first-order valence-corrected chi connectivity index (χ1v) is 10.0. The molecule has 4 rings (SSSR count). The molecule has 1 atom stereocenters. The van der Waals surface area contributed by atoms with E-state index in [0.29, 0.717) is 16.8 Å². The van der Waals surface area contributed by atoms with Gasteiger partial charge in [0.1, 0.15) is 11.5 Å². The minimum absolute atomic E-state index is 0.127. The number of carbonyl (C=O) groups excluding carboxylic acids is 1. The summed E-state index contributed by atoms with van der Waals surface area (Å²) in [5.41, 5.74) is 0.484. The summed E-state index contributed by atoms with van der Waals surface area (Å²) in [4.78, 5) is 28.2. The molecule has 3 heterocycles. The van der Waals surface area contributed by atoms with Crippen molar-refractivity contribution in [1.29, 1.82) is 0 Å². The zero-order chi connectivity index (χ0) is 18.1. The van der Waals surface area contributed by atoms with E-state index in [-0.39, 0.29) is 12.5 Å². The Hall–Kier alpha value is -2.39. The van der Waals surface area contributed by atoms with Gasteiger partial charge >= 0.3 is 5.69 Å². The smallest absolute Gasteiger partial charge is 0.310 e. The Kier molecular flexibility index (Phi) is 4.64. The van der Waals surface area contributed by atoms with Crippen LogP contribution >= 0.6 is 23.1 Å². The van der Waals surface area contributed by atoms with Crippen molar-refractivity contribution in [2.75, 3.05) is 11.4 Å². The Morgan fingerprint density at radius 3 is 2.88 bits per heavy atom. The minimum atomic E-state index is -0.411. The number of carbonyl (C=O) groups is 1. The van der Waals surface area contributed by atoms with Crippen LogP contribution in [-0.4, -0.2) is 37.5 Å². The van der Waals surface area contributed by atoms with E-state index in [1.165, 1.54) is 16.0 Å². The van der Waals surface area contributed by atoms with E-state index in [4.69, 9.17) is 0 Å². The Labute approximate surface area is 158 Å². The van der Waals surface area contributed by atoms with Crippen LogP contribution in [0, 0.1) is 0 Å². The van der Waals surface area contributed by atoms with Crippen molar-refractivity contribution in [2.24, 2.45) is 0 Å². The molecule has 1 unspecified atom stereocenters. The molecule has 1 aliphatic rings. The molecule has 2 aromatic heterocycles. The predicted molar refractivity (Wildman–Crippen MR) is 102 cm³/mol. The number of nitrogens with zero attached hydrogens (tertiary/aromatic N) is 5. The maximum absolute atomic E-state index is 12.9. The van der Waals surface area contributed by atoms with E-state index in [1.807, 2.05) is 35.7 Å². The van der Waals surface area contributed by atoms with Crippen LogP contribution in [0.5, 0.6) is 0 Å². The molecular formula is C17H17N5O2S2. The summed E-state index contributed by atoms with van der Waals surface area (Å²) in [5, 5.41) is 10.7. The molecule has 0 saturated carbocycles. The number of benzene rings is 1. The maximum Gasteiger partial charge on any atom is 0.369 e. The van der Waals surface area contributed by atoms with Crippen molar-refractivity contribution in [3.05, 3.63) is 52.3 Å². The highest BCUT2D eigenvalue weighted by Gasteiger charge is 2.25. The van der Waals surface area contributed by atoms with Crippen molar-refractivity contribution < 1.29 is 4.79 Å². The van der Waals surface area contributed by atoms with Gasteiger partial charge in [-0.25, -0.2) is 4.79 Å². The lowest BCUT2D eigenvalue weighted by Gasteiger charge is -2.22. The van der Waals surface area contributed by atoms with E-state index >= 15 is 0 Å². The van der Waals surface area contributed by atoms with Crippen LogP contribution in [0.25, 0.3) is 5.00 Å². The Morgan fingerprint density at radius 2 is 2.08 bits per heavy atom. The van der Waals surface area contributed by atoms with Crippen LogP contribution < -0.4 is 10.6 Å². The average molecular weight is 387 g/mol. The lowest BCUT2D eigenvalue weighted by atomic mass is 10.2. The highest BCUT2D eigenvalue weighted by Crippen LogP contribution is 2.37. The quantitative estimate of drug-likeness (QED) is 0.690. The van der Waals surface area contributed by atoms with Gasteiger partial charge in [0, 0.05) is 16.7 Å². The van der Waals surface area contributed by atoms with E-state index < -0.39 is 5.69 Å². The molecule has 134 valence electrons. The van der Waals surface area contributed by atoms with Crippen LogP contribution in [0.15, 0.2) is 51.5 Å². The number of thiophene rings is 1. The van der Waals surface area contributed by atoms with Crippen molar-refractivity contribution in [3.63, 3.8) is 0 Å². The van der Waals surface area contributed by atoms with Crippen molar-refractivity contribution in [2.45, 2.75) is 30.0 Å². The number of fused-ring (bicyclic) bond motifs is 1. The number of aromatic nitrogens is 4. The van der Waals surface area contributed by atoms with Gasteiger partial charge in [-0.05, 0) is 46.5 Å². The Bertz CT molecular complexity index is 979. The molecule has 0 N–H and O–H groups in total. The van der Waals surface area contributed by atoms with Gasteiger partial charge < -0.3 is 4.90 Å². The standard InChI is InChI=1S/C17H17N5O2S2/c1-12-8-9-20(13-5-2-3-6-14(13)26-12)15(23)11-21-17(24)22(19-18-21)16-7-4-10-25-16/h2-7,10,12H,8-9,11H2,1H3. The third-order valence-electron chi connectivity index (χ3n) is 4.18. The molecule has 0 saturated heterocycles. The number of hydrogen-bond acceptors (Lipinski definition) is 6. The molecule has 3 aromatic rings. The minimum Gasteiger partial charge on any atom is -0.310 e. The summed E-state index contributed by atoms with van der Waals surface area (Å²) >= 11 is 3.17. The molecule has 0 bridgehead atoms. The molecule has 0 spiro atoms. The number of tetrazole rings is 1. The number of rotatable bonds is 3. The second-order valence-electron chi connectivity index (χ2n) is 6.01. The SMILES string of the molecule is CC1CCN(C(=O)Cn2nnn(-c3cccs3)c2=O)c2ccccc2S1. The van der Waals surface area contributed by atoms with Crippen LogP contribution in [0.3, 0.4) is 0 Å². The van der Waals surface area contributed by atoms with E-state index in [9.17, 15) is 9.59 Å². The first kappa shape index (κ1) is 17.0. The molecule has 0 fully saturated rings. The summed E-state index contributed by atoms with van der Waals surface area (Å²) in [7, 11) is 0. The fourth-order valence-corrected chi connectivity index (χ4v) is 4.64. The molecule has 1 aliphatic heterocycles. The fraction of sp³-hybridized carbons (Fsp3) is 0.294. The first-order chi connectivity index (χ1) is 12.6. The van der Waals surface area contributed by atoms with Crippen LogP contribution in [-0.2, 0) is 11.3 Å². The third kappa shape index (κ3) is 3.19. The molecule has 26 heavy (non-hydrogen) atoms. The molecule has 0 aliphatic carbocycles. The van der Waals surface area contributed by atoms with Crippen LogP contribution in [0.1, 0.15) is 13.3 Å². The molecule has 1 aromatic carbocycles. The topological polar surface area (TPSA) is 73.0 Å². The van der Waals surface area contributed by atoms with Crippen molar-refractivity contribution >= 4 is 34.7 Å². The number of para-hydroxylation sites is 1. The zero-order valence-electron chi connectivity index (χ0n) is 14.1. The molecular weight excluding hydrogens is 370 g/mol. The molecule has 0 radical (unpaired) electrons. The number of hydrogen-bond donors (Lipinski definition) is 0. The Balaban J connectivity index is 1.60. The fourth-order valence-electron chi connectivity index (χ4n) is 2.86. The lowest BCUT2D eigenvalue weighted by molar-refractivity contribution is -0.119. The van der Waals surface area contributed by atoms with Gasteiger partial charge in [0.25, 0.3) is 0 Å². The second-order valence-corrected chi connectivity index (χ2v) is 8.42. The highest BCUT2D eigenvalue weighted by atomic mass is 32.2. The maximum atomic E-state index is 12.9. The van der Waals surface area contributed by atoms with Crippen molar-refractivity contribution in [1.82, 2.24) is 19.8 Å². The van der Waals surface area contributed by atoms with Gasteiger partial charge in [0.15, 0.2) is 0 Å².